The highest BCUT2D eigenvalue weighted by atomic mass is 16.5. The van der Waals surface area contributed by atoms with Crippen LogP contribution in [0.3, 0.4) is 0 Å². The molecule has 256 valence electrons. The summed E-state index contributed by atoms with van der Waals surface area (Å²) >= 11 is 0. The normalized spacial score (nSPS) is 22.0. The van der Waals surface area contributed by atoms with Gasteiger partial charge in [-0.25, -0.2) is 9.59 Å². The second-order valence-corrected chi connectivity index (χ2v) is 12.7. The van der Waals surface area contributed by atoms with Crippen molar-refractivity contribution < 1.29 is 38.8 Å². The summed E-state index contributed by atoms with van der Waals surface area (Å²) in [7, 11) is 3.81. The van der Waals surface area contributed by atoms with Gasteiger partial charge in [0.05, 0.1) is 49.5 Å². The fraction of sp³-hybridized carbons (Fsp3) is 0.472. The number of ether oxygens (including phenoxy) is 3. The topological polar surface area (TPSA) is 177 Å². The molecule has 0 spiro atoms. The number of nitrogens with zero attached hydrogens (tertiary/aromatic N) is 2. The van der Waals surface area contributed by atoms with Crippen LogP contribution in [0.1, 0.15) is 119 Å². The number of esters is 3. The number of aliphatic hydroxyl groups is 2. The molecule has 0 fully saturated rings. The van der Waals surface area contributed by atoms with E-state index in [9.17, 15) is 24.6 Å². The molecule has 8 bridgehead atoms. The van der Waals surface area contributed by atoms with Crippen LogP contribution < -0.4 is 0 Å². The summed E-state index contributed by atoms with van der Waals surface area (Å²) in [5, 5.41) is 23.9. The van der Waals surface area contributed by atoms with Gasteiger partial charge in [-0.2, -0.15) is 0 Å². The van der Waals surface area contributed by atoms with E-state index in [1.807, 2.05) is 26.8 Å². The third-order valence-electron chi connectivity index (χ3n) is 10.3. The average molecular weight is 661 g/mol. The summed E-state index contributed by atoms with van der Waals surface area (Å²) in [6, 6.07) is 5.27. The molecule has 3 aromatic heterocycles. The summed E-state index contributed by atoms with van der Waals surface area (Å²) in [5.74, 6) is -2.53. The first-order valence-electron chi connectivity index (χ1n) is 16.1. The lowest BCUT2D eigenvalue weighted by atomic mass is 9.80. The third kappa shape index (κ3) is 5.36. The van der Waals surface area contributed by atoms with Crippen molar-refractivity contribution in [3.63, 3.8) is 0 Å². The quantitative estimate of drug-likeness (QED) is 0.189. The molecule has 0 aliphatic carbocycles. The fourth-order valence-electron chi connectivity index (χ4n) is 7.14. The zero-order valence-corrected chi connectivity index (χ0v) is 29.0. The van der Waals surface area contributed by atoms with E-state index in [2.05, 4.69) is 9.97 Å². The molecule has 2 aliphatic heterocycles. The molecule has 12 nitrogen and oxygen atoms in total. The summed E-state index contributed by atoms with van der Waals surface area (Å²) in [5.41, 5.74) is 2.36. The van der Waals surface area contributed by atoms with Crippen molar-refractivity contribution in [1.29, 1.82) is 0 Å². The minimum absolute atomic E-state index is 0.0164. The predicted molar refractivity (Wildman–Crippen MR) is 179 cm³/mol. The van der Waals surface area contributed by atoms with Gasteiger partial charge in [-0.1, -0.05) is 20.8 Å². The van der Waals surface area contributed by atoms with Crippen LogP contribution >= 0.6 is 0 Å². The van der Waals surface area contributed by atoms with E-state index in [-0.39, 0.29) is 46.8 Å². The van der Waals surface area contributed by atoms with E-state index in [0.717, 1.165) is 22.2 Å². The molecular formula is C36H44N4O8. The maximum absolute atomic E-state index is 13.8. The number of hydrogen-bond acceptors (Lipinski definition) is 10. The van der Waals surface area contributed by atoms with Crippen LogP contribution in [0.15, 0.2) is 18.2 Å². The molecule has 0 aromatic carbocycles. The van der Waals surface area contributed by atoms with E-state index in [1.54, 1.807) is 26.0 Å². The van der Waals surface area contributed by atoms with Gasteiger partial charge in [0.15, 0.2) is 0 Å². The van der Waals surface area contributed by atoms with Crippen LogP contribution in [0.25, 0.3) is 22.1 Å². The van der Waals surface area contributed by atoms with E-state index in [1.165, 1.54) is 28.3 Å². The molecule has 3 aromatic rings. The number of H-pyrrole nitrogens is 2. The number of aryl methyl sites for hydroxylation is 3. The number of carbonyl (C=O) groups is 3. The molecule has 12 heteroatoms. The Labute approximate surface area is 278 Å². The molecule has 4 N–H and O–H groups in total. The Hall–Kier alpha value is -4.55. The summed E-state index contributed by atoms with van der Waals surface area (Å²) in [6.07, 6.45) is 1.20. The van der Waals surface area contributed by atoms with Gasteiger partial charge in [0.2, 0.25) is 0 Å². The Morgan fingerprint density at radius 1 is 0.854 bits per heavy atom. The highest BCUT2D eigenvalue weighted by molar-refractivity contribution is 6.09. The highest BCUT2D eigenvalue weighted by Crippen LogP contribution is 2.47. The lowest BCUT2D eigenvalue weighted by molar-refractivity contribution is -0.148. The standard InChI is InChI=1S/C36H44N4O8/c1-10-20-17(3)22-14-23-18(4)21(12-13-28(41)46-7)31(38-23)30(34(43)48-9)32-29(33(42)47-8)19(5)24(39-32)15-27-36(45,11-2)35(6,44)26(40-27)16-25(20)37-22/h14-16,18,21,37,39,44-45H,10-13H2,1-9H3/t18-,21-,35?,36?/m0/s1. The molecule has 5 heterocycles. The number of carbonyl (C=O) groups excluding carboxylic acids is 3. The molecule has 4 atom stereocenters. The van der Waals surface area contributed by atoms with Gasteiger partial charge in [0.1, 0.15) is 16.8 Å². The summed E-state index contributed by atoms with van der Waals surface area (Å²) < 4.78 is 15.4. The van der Waals surface area contributed by atoms with Crippen LogP contribution in [0, 0.1) is 13.8 Å². The van der Waals surface area contributed by atoms with Crippen molar-refractivity contribution in [2.24, 2.45) is 0 Å². The van der Waals surface area contributed by atoms with E-state index < -0.39 is 35.0 Å². The van der Waals surface area contributed by atoms with Crippen molar-refractivity contribution in [3.8, 4) is 0 Å². The fourth-order valence-corrected chi connectivity index (χ4v) is 7.14. The van der Waals surface area contributed by atoms with Crippen molar-refractivity contribution in [2.45, 2.75) is 90.3 Å². The Morgan fingerprint density at radius 3 is 2.08 bits per heavy atom. The van der Waals surface area contributed by atoms with Crippen molar-refractivity contribution >= 4 is 40.0 Å². The Kier molecular flexibility index (Phi) is 9.28. The van der Waals surface area contributed by atoms with Crippen LogP contribution in [-0.2, 0) is 36.6 Å². The molecule has 2 unspecified atom stereocenters. The van der Waals surface area contributed by atoms with Crippen LogP contribution in [-0.4, -0.2) is 69.4 Å². The van der Waals surface area contributed by atoms with Gasteiger partial charge in [0, 0.05) is 40.5 Å². The second-order valence-electron chi connectivity index (χ2n) is 12.7. The smallest absolute Gasteiger partial charge is 0.341 e. The van der Waals surface area contributed by atoms with Crippen molar-refractivity contribution in [3.05, 3.63) is 68.8 Å². The molecule has 0 saturated heterocycles. The van der Waals surface area contributed by atoms with Crippen LogP contribution in [0.5, 0.6) is 0 Å². The molecular weight excluding hydrogens is 616 g/mol. The highest BCUT2D eigenvalue weighted by Gasteiger charge is 2.53. The minimum Gasteiger partial charge on any atom is -0.469 e. The van der Waals surface area contributed by atoms with E-state index in [4.69, 9.17) is 24.2 Å². The molecule has 5 rings (SSSR count). The number of aromatic nitrogens is 4. The third-order valence-corrected chi connectivity index (χ3v) is 10.3. The van der Waals surface area contributed by atoms with Gasteiger partial charge in [-0.05, 0) is 74.9 Å². The van der Waals surface area contributed by atoms with Crippen LogP contribution in [0.2, 0.25) is 0 Å². The maximum Gasteiger partial charge on any atom is 0.341 e. The summed E-state index contributed by atoms with van der Waals surface area (Å²) in [4.78, 5) is 56.0. The SMILES string of the molecule is CCc1c(C)c2cc3nc(c(C(=O)OC)c4[nH]c(cc5nc(cc1[nH]2)C(C)(O)C5(O)CC)c(C)c4C(=O)OC)[C@@H](CCC(=O)OC)[C@@H]3C. The number of aromatic amines is 2. The summed E-state index contributed by atoms with van der Waals surface area (Å²) in [6.45, 7) is 11.0. The molecule has 0 amide bonds. The zero-order valence-electron chi connectivity index (χ0n) is 29.0. The lowest BCUT2D eigenvalue weighted by Crippen LogP contribution is -2.43. The Balaban J connectivity index is 2.06. The zero-order chi connectivity index (χ0) is 35.3. The lowest BCUT2D eigenvalue weighted by Gasteiger charge is -2.34. The number of rotatable bonds is 7. The average Bonchev–Trinajstić information content (AvgIpc) is 3.71. The Morgan fingerprint density at radius 2 is 1.48 bits per heavy atom. The van der Waals surface area contributed by atoms with Gasteiger partial charge < -0.3 is 34.4 Å². The number of methoxy groups -OCH3 is 3. The first-order chi connectivity index (χ1) is 22.7. The molecule has 0 radical (unpaired) electrons. The van der Waals surface area contributed by atoms with E-state index >= 15 is 0 Å². The largest absolute Gasteiger partial charge is 0.469 e. The van der Waals surface area contributed by atoms with Crippen molar-refractivity contribution in [2.75, 3.05) is 21.3 Å². The second kappa shape index (κ2) is 12.8. The van der Waals surface area contributed by atoms with Gasteiger partial charge in [-0.3, -0.25) is 14.8 Å². The Bertz CT molecular complexity index is 1970. The molecule has 2 aliphatic rings. The van der Waals surface area contributed by atoms with Gasteiger partial charge in [0.25, 0.3) is 0 Å². The first kappa shape index (κ1) is 34.8. The van der Waals surface area contributed by atoms with Gasteiger partial charge in [-0.15, -0.1) is 0 Å². The minimum atomic E-state index is -1.79. The predicted octanol–water partition coefficient (Wildman–Crippen LogP) is 5.41. The number of nitrogens with one attached hydrogen (secondary N) is 2. The van der Waals surface area contributed by atoms with Gasteiger partial charge >= 0.3 is 17.9 Å². The van der Waals surface area contributed by atoms with Crippen molar-refractivity contribution in [1.82, 2.24) is 19.9 Å². The van der Waals surface area contributed by atoms with Crippen LogP contribution in [0.4, 0.5) is 0 Å². The monoisotopic (exact) mass is 660 g/mol. The number of hydrogen-bond donors (Lipinski definition) is 4. The molecule has 48 heavy (non-hydrogen) atoms. The first-order valence-corrected chi connectivity index (χ1v) is 16.1. The maximum atomic E-state index is 13.8. The molecule has 0 saturated carbocycles. The van der Waals surface area contributed by atoms with E-state index in [0.29, 0.717) is 35.3 Å². The number of fused-ring (bicyclic) bond motifs is 8.